The van der Waals surface area contributed by atoms with Gasteiger partial charge in [-0.2, -0.15) is 4.37 Å². The van der Waals surface area contributed by atoms with E-state index in [9.17, 15) is 0 Å². The van der Waals surface area contributed by atoms with Crippen molar-refractivity contribution in [2.75, 3.05) is 0 Å². The highest BCUT2D eigenvalue weighted by molar-refractivity contribution is 14.1. The van der Waals surface area contributed by atoms with Gasteiger partial charge in [0, 0.05) is 10.6 Å². The summed E-state index contributed by atoms with van der Waals surface area (Å²) < 4.78 is 5.13. The lowest BCUT2D eigenvalue weighted by Gasteiger charge is -1.94. The molecule has 0 radical (unpaired) electrons. The van der Waals surface area contributed by atoms with Crippen LogP contribution in [0, 0.1) is 3.01 Å². The zero-order valence-electron chi connectivity index (χ0n) is 6.37. The summed E-state index contributed by atoms with van der Waals surface area (Å²) in [4.78, 5) is 4.26. The Morgan fingerprint density at radius 3 is 2.85 bits per heavy atom. The van der Waals surface area contributed by atoms with E-state index in [0.29, 0.717) is 5.02 Å². The van der Waals surface area contributed by atoms with E-state index in [1.807, 2.05) is 24.3 Å². The molecule has 1 aromatic carbocycles. The molecule has 0 unspecified atom stereocenters. The molecule has 0 atom stereocenters. The fraction of sp³-hybridized carbons (Fsp3) is 0. The first-order valence-electron chi connectivity index (χ1n) is 3.51. The summed E-state index contributed by atoms with van der Waals surface area (Å²) in [6.45, 7) is 0. The highest BCUT2D eigenvalue weighted by Crippen LogP contribution is 2.21. The number of nitrogens with zero attached hydrogens (tertiary/aromatic N) is 2. The summed E-state index contributed by atoms with van der Waals surface area (Å²) in [5.74, 6) is 0.747. The second-order valence-corrected chi connectivity index (χ2v) is 5.32. The van der Waals surface area contributed by atoms with Crippen molar-refractivity contribution in [3.63, 3.8) is 0 Å². The monoisotopic (exact) mass is 322 g/mol. The second-order valence-electron chi connectivity index (χ2n) is 2.38. The molecule has 0 aliphatic rings. The topological polar surface area (TPSA) is 25.8 Å². The van der Waals surface area contributed by atoms with Crippen molar-refractivity contribution in [3.05, 3.63) is 32.3 Å². The molecule has 0 amide bonds. The molecule has 13 heavy (non-hydrogen) atoms. The molecule has 1 aromatic heterocycles. The van der Waals surface area contributed by atoms with Crippen LogP contribution in [-0.4, -0.2) is 9.36 Å². The number of benzene rings is 1. The van der Waals surface area contributed by atoms with Gasteiger partial charge >= 0.3 is 0 Å². The van der Waals surface area contributed by atoms with Crippen LogP contribution in [0.15, 0.2) is 24.3 Å². The number of hydrogen-bond donors (Lipinski definition) is 0. The lowest BCUT2D eigenvalue weighted by molar-refractivity contribution is 1.30. The van der Waals surface area contributed by atoms with Crippen molar-refractivity contribution in [3.8, 4) is 11.4 Å². The third-order valence-corrected chi connectivity index (χ3v) is 3.06. The average molecular weight is 323 g/mol. The molecule has 0 saturated heterocycles. The first-order valence-corrected chi connectivity index (χ1v) is 5.74. The Morgan fingerprint density at radius 1 is 1.38 bits per heavy atom. The van der Waals surface area contributed by atoms with E-state index < -0.39 is 0 Å². The van der Waals surface area contributed by atoms with Gasteiger partial charge in [-0.05, 0) is 46.3 Å². The van der Waals surface area contributed by atoms with Crippen LogP contribution in [0.25, 0.3) is 11.4 Å². The normalized spacial score (nSPS) is 10.3. The van der Waals surface area contributed by atoms with E-state index >= 15 is 0 Å². The minimum absolute atomic E-state index is 0.710. The molecule has 5 heteroatoms. The summed E-state index contributed by atoms with van der Waals surface area (Å²) in [6, 6.07) is 7.54. The lowest BCUT2D eigenvalue weighted by atomic mass is 10.2. The molecule has 66 valence electrons. The van der Waals surface area contributed by atoms with E-state index in [1.165, 1.54) is 11.5 Å². The predicted octanol–water partition coefficient (Wildman–Crippen LogP) is 3.46. The maximum atomic E-state index is 5.85. The zero-order chi connectivity index (χ0) is 9.26. The van der Waals surface area contributed by atoms with Gasteiger partial charge in [-0.15, -0.1) is 0 Å². The zero-order valence-corrected chi connectivity index (χ0v) is 10.1. The van der Waals surface area contributed by atoms with Crippen molar-refractivity contribution in [2.24, 2.45) is 0 Å². The number of aromatic nitrogens is 2. The van der Waals surface area contributed by atoms with Gasteiger partial charge in [-0.3, -0.25) is 0 Å². The van der Waals surface area contributed by atoms with E-state index in [1.54, 1.807) is 0 Å². The van der Waals surface area contributed by atoms with Crippen LogP contribution in [0.3, 0.4) is 0 Å². The molecule has 0 aliphatic carbocycles. The van der Waals surface area contributed by atoms with Gasteiger partial charge in [0.05, 0.1) is 0 Å². The molecule has 2 nitrogen and oxygen atoms in total. The first-order chi connectivity index (χ1) is 6.25. The van der Waals surface area contributed by atoms with Gasteiger partial charge < -0.3 is 0 Å². The van der Waals surface area contributed by atoms with E-state index in [2.05, 4.69) is 31.9 Å². The molecular weight excluding hydrogens is 319 g/mol. The highest BCUT2D eigenvalue weighted by Gasteiger charge is 2.04. The van der Waals surface area contributed by atoms with Crippen molar-refractivity contribution in [1.82, 2.24) is 9.36 Å². The Balaban J connectivity index is 2.46. The molecule has 0 aliphatic heterocycles. The van der Waals surface area contributed by atoms with Crippen LogP contribution in [0.5, 0.6) is 0 Å². The molecule has 0 N–H and O–H groups in total. The van der Waals surface area contributed by atoms with Crippen molar-refractivity contribution in [1.29, 1.82) is 0 Å². The average Bonchev–Trinajstić information content (AvgIpc) is 2.52. The third kappa shape index (κ3) is 2.18. The van der Waals surface area contributed by atoms with Crippen LogP contribution in [0.1, 0.15) is 0 Å². The van der Waals surface area contributed by atoms with Gasteiger partial charge in [0.15, 0.2) is 8.84 Å². The Hall–Kier alpha value is -0.200. The molecule has 2 aromatic rings. The molecular formula is C8H4ClIN2S. The minimum Gasteiger partial charge on any atom is -0.209 e. The van der Waals surface area contributed by atoms with Crippen molar-refractivity contribution in [2.45, 2.75) is 0 Å². The summed E-state index contributed by atoms with van der Waals surface area (Å²) >= 11 is 9.38. The van der Waals surface area contributed by atoms with E-state index in [-0.39, 0.29) is 0 Å². The smallest absolute Gasteiger partial charge is 0.174 e. The Morgan fingerprint density at radius 2 is 2.23 bits per heavy atom. The minimum atomic E-state index is 0.710. The summed E-state index contributed by atoms with van der Waals surface area (Å²) in [5.41, 5.74) is 0.965. The summed E-state index contributed by atoms with van der Waals surface area (Å²) in [7, 11) is 0. The molecule has 2 rings (SSSR count). The van der Waals surface area contributed by atoms with E-state index in [4.69, 9.17) is 11.6 Å². The second kappa shape index (κ2) is 3.89. The SMILES string of the molecule is Clc1cccc(-c2nsc(I)n2)c1. The predicted molar refractivity (Wildman–Crippen MR) is 63.1 cm³/mol. The van der Waals surface area contributed by atoms with Crippen molar-refractivity contribution >= 4 is 45.7 Å². The van der Waals surface area contributed by atoms with Crippen LogP contribution in [-0.2, 0) is 0 Å². The van der Waals surface area contributed by atoms with Gasteiger partial charge in [-0.1, -0.05) is 23.7 Å². The Labute approximate surface area is 98.3 Å². The molecule has 0 saturated carbocycles. The van der Waals surface area contributed by atoms with Crippen molar-refractivity contribution < 1.29 is 0 Å². The lowest BCUT2D eigenvalue weighted by Crippen LogP contribution is -1.79. The quantitative estimate of drug-likeness (QED) is 0.751. The largest absolute Gasteiger partial charge is 0.209 e. The van der Waals surface area contributed by atoms with Crippen LogP contribution >= 0.6 is 45.7 Å². The highest BCUT2D eigenvalue weighted by atomic mass is 127. The number of halogens is 2. The maximum Gasteiger partial charge on any atom is 0.174 e. The number of rotatable bonds is 1. The number of hydrogen-bond acceptors (Lipinski definition) is 3. The van der Waals surface area contributed by atoms with Gasteiger partial charge in [0.25, 0.3) is 0 Å². The molecule has 0 fully saturated rings. The van der Waals surface area contributed by atoms with Crippen LogP contribution in [0.4, 0.5) is 0 Å². The standard InChI is InChI=1S/C8H4ClIN2S/c9-6-3-1-2-5(4-6)7-11-8(10)13-12-7/h1-4H. The fourth-order valence-electron chi connectivity index (χ4n) is 0.950. The first kappa shape index (κ1) is 9.36. The van der Waals surface area contributed by atoms with E-state index in [0.717, 1.165) is 14.4 Å². The van der Waals surface area contributed by atoms with Gasteiger partial charge in [-0.25, -0.2) is 4.98 Å². The van der Waals surface area contributed by atoms with Gasteiger partial charge in [0.2, 0.25) is 0 Å². The molecule has 0 spiro atoms. The summed E-state index contributed by atoms with van der Waals surface area (Å²) in [6.07, 6.45) is 0. The maximum absolute atomic E-state index is 5.85. The fourth-order valence-corrected chi connectivity index (χ4v) is 2.10. The molecule has 1 heterocycles. The van der Waals surface area contributed by atoms with Crippen LogP contribution in [0.2, 0.25) is 5.02 Å². The summed E-state index contributed by atoms with van der Waals surface area (Å²) in [5, 5.41) is 0.710. The Bertz CT molecular complexity index is 430. The van der Waals surface area contributed by atoms with Gasteiger partial charge in [0.1, 0.15) is 0 Å². The third-order valence-electron chi connectivity index (χ3n) is 1.48. The molecule has 0 bridgehead atoms. The Kier molecular flexibility index (Phi) is 2.80. The van der Waals surface area contributed by atoms with Crippen LogP contribution < -0.4 is 0 Å².